The number of nitrogens with zero attached hydrogens (tertiary/aromatic N) is 1. The molecule has 0 saturated heterocycles. The Labute approximate surface area is 173 Å². The number of hydrogen-bond acceptors (Lipinski definition) is 3. The van der Waals surface area contributed by atoms with Gasteiger partial charge in [0.05, 0.1) is 5.39 Å². The van der Waals surface area contributed by atoms with Crippen molar-refractivity contribution in [3.05, 3.63) is 87.3 Å². The summed E-state index contributed by atoms with van der Waals surface area (Å²) in [4.78, 5) is 17.1. The molecule has 2 N–H and O–H groups in total. The number of nitrogens with one attached hydrogen (secondary N) is 1. The lowest BCUT2D eigenvalue weighted by atomic mass is 9.99. The fraction of sp³-hybridized carbons (Fsp3) is 0.292. The molecule has 156 valence electrons. The number of aromatic nitrogens is 1. The fourth-order valence-electron chi connectivity index (χ4n) is 4.04. The van der Waals surface area contributed by atoms with E-state index < -0.39 is 12.0 Å². The minimum atomic E-state index is -0.635. The summed E-state index contributed by atoms with van der Waals surface area (Å²) in [5.41, 5.74) is 3.28. The SMILES string of the molecule is Cc1cc(F)cc2c(=O)[nH]c(CCC(O)N3CC=C(c4ccc(F)cc4)CC3)cc12. The molecule has 0 radical (unpaired) electrons. The topological polar surface area (TPSA) is 56.3 Å². The van der Waals surface area contributed by atoms with Gasteiger partial charge in [0.1, 0.15) is 17.9 Å². The number of halogens is 2. The Hall–Kier alpha value is -2.83. The van der Waals surface area contributed by atoms with Crippen LogP contribution < -0.4 is 5.56 Å². The standard InChI is InChI=1S/C24H24F2N2O2/c1-15-12-19(26)13-22-21(15)14-20(27-24(22)30)6-7-23(29)28-10-8-17(9-11-28)16-2-4-18(25)5-3-16/h2-5,8,12-14,23,29H,6-7,9-11H2,1H3,(H,27,30). The summed E-state index contributed by atoms with van der Waals surface area (Å²) in [6.45, 7) is 3.10. The third-order valence-electron chi connectivity index (χ3n) is 5.74. The molecule has 1 unspecified atom stereocenters. The number of rotatable bonds is 5. The molecule has 6 heteroatoms. The largest absolute Gasteiger partial charge is 0.378 e. The molecule has 0 fully saturated rings. The highest BCUT2D eigenvalue weighted by molar-refractivity contribution is 5.85. The zero-order chi connectivity index (χ0) is 21.3. The number of pyridine rings is 1. The van der Waals surface area contributed by atoms with Crippen LogP contribution in [0, 0.1) is 18.6 Å². The summed E-state index contributed by atoms with van der Waals surface area (Å²) in [7, 11) is 0. The maximum atomic E-state index is 13.6. The third-order valence-corrected chi connectivity index (χ3v) is 5.74. The highest BCUT2D eigenvalue weighted by Gasteiger charge is 2.19. The van der Waals surface area contributed by atoms with Crippen molar-refractivity contribution in [3.63, 3.8) is 0 Å². The van der Waals surface area contributed by atoms with Crippen LogP contribution in [-0.2, 0) is 6.42 Å². The molecule has 0 spiro atoms. The molecule has 1 aromatic heterocycles. The van der Waals surface area contributed by atoms with E-state index in [4.69, 9.17) is 0 Å². The summed E-state index contributed by atoms with van der Waals surface area (Å²) in [6.07, 6.45) is 3.19. The molecule has 0 amide bonds. The van der Waals surface area contributed by atoms with Gasteiger partial charge in [0, 0.05) is 18.8 Å². The molecular weight excluding hydrogens is 386 g/mol. The summed E-state index contributed by atoms with van der Waals surface area (Å²) >= 11 is 0. The minimum Gasteiger partial charge on any atom is -0.378 e. The number of aliphatic hydroxyl groups is 1. The van der Waals surface area contributed by atoms with Crippen molar-refractivity contribution in [2.45, 2.75) is 32.4 Å². The molecule has 0 saturated carbocycles. The average molecular weight is 410 g/mol. The minimum absolute atomic E-state index is 0.251. The third kappa shape index (κ3) is 4.35. The number of benzene rings is 2. The second-order valence-corrected chi connectivity index (χ2v) is 7.81. The van der Waals surface area contributed by atoms with Crippen molar-refractivity contribution in [2.24, 2.45) is 0 Å². The van der Waals surface area contributed by atoms with E-state index in [1.54, 1.807) is 19.1 Å². The van der Waals surface area contributed by atoms with E-state index >= 15 is 0 Å². The molecule has 2 heterocycles. The van der Waals surface area contributed by atoms with E-state index in [2.05, 4.69) is 11.1 Å². The van der Waals surface area contributed by atoms with E-state index in [0.29, 0.717) is 36.9 Å². The van der Waals surface area contributed by atoms with Crippen molar-refractivity contribution in [1.82, 2.24) is 9.88 Å². The zero-order valence-corrected chi connectivity index (χ0v) is 16.8. The van der Waals surface area contributed by atoms with Gasteiger partial charge in [-0.05, 0) is 78.6 Å². The van der Waals surface area contributed by atoms with Crippen LogP contribution in [0.25, 0.3) is 16.3 Å². The first-order valence-electron chi connectivity index (χ1n) is 10.1. The van der Waals surface area contributed by atoms with Gasteiger partial charge >= 0.3 is 0 Å². The first kappa shape index (κ1) is 20.4. The van der Waals surface area contributed by atoms with Gasteiger partial charge in [-0.25, -0.2) is 8.78 Å². The van der Waals surface area contributed by atoms with E-state index in [0.717, 1.165) is 28.6 Å². The summed E-state index contributed by atoms with van der Waals surface area (Å²) < 4.78 is 26.7. The Morgan fingerprint density at radius 3 is 2.57 bits per heavy atom. The number of fused-ring (bicyclic) bond motifs is 1. The summed E-state index contributed by atoms with van der Waals surface area (Å²) in [6, 6.07) is 11.0. The molecule has 1 aliphatic heterocycles. The Bertz CT molecular complexity index is 1150. The molecule has 0 aliphatic carbocycles. The van der Waals surface area contributed by atoms with Gasteiger partial charge in [-0.1, -0.05) is 18.2 Å². The molecule has 30 heavy (non-hydrogen) atoms. The second-order valence-electron chi connectivity index (χ2n) is 7.81. The van der Waals surface area contributed by atoms with Crippen LogP contribution >= 0.6 is 0 Å². The Kier molecular flexibility index (Phi) is 5.79. The number of hydrogen-bond donors (Lipinski definition) is 2. The normalized spacial score (nSPS) is 15.9. The van der Waals surface area contributed by atoms with Gasteiger partial charge in [0.2, 0.25) is 0 Å². The Morgan fingerprint density at radius 1 is 1.10 bits per heavy atom. The second kappa shape index (κ2) is 8.50. The molecule has 0 bridgehead atoms. The predicted molar refractivity (Wildman–Crippen MR) is 114 cm³/mol. The molecule has 2 aromatic carbocycles. The molecule has 4 nitrogen and oxygen atoms in total. The first-order chi connectivity index (χ1) is 14.4. The fourth-order valence-corrected chi connectivity index (χ4v) is 4.04. The summed E-state index contributed by atoms with van der Waals surface area (Å²) in [5, 5.41) is 11.7. The van der Waals surface area contributed by atoms with Crippen molar-refractivity contribution in [1.29, 1.82) is 0 Å². The van der Waals surface area contributed by atoms with Crippen LogP contribution in [0.15, 0.2) is 53.3 Å². The number of H-pyrrole nitrogens is 1. The van der Waals surface area contributed by atoms with Gasteiger partial charge in [0.25, 0.3) is 5.56 Å². The smallest absolute Gasteiger partial charge is 0.256 e. The van der Waals surface area contributed by atoms with Crippen molar-refractivity contribution in [3.8, 4) is 0 Å². The van der Waals surface area contributed by atoms with Crippen LogP contribution in [0.1, 0.15) is 29.7 Å². The van der Waals surface area contributed by atoms with Gasteiger partial charge < -0.3 is 10.1 Å². The van der Waals surface area contributed by atoms with Crippen LogP contribution in [0.4, 0.5) is 8.78 Å². The van der Waals surface area contributed by atoms with Gasteiger partial charge in [0.15, 0.2) is 0 Å². The summed E-state index contributed by atoms with van der Waals surface area (Å²) in [5.74, 6) is -0.675. The van der Waals surface area contributed by atoms with Crippen molar-refractivity contribution < 1.29 is 13.9 Å². The van der Waals surface area contributed by atoms with Crippen molar-refractivity contribution >= 4 is 16.3 Å². The molecule has 4 rings (SSSR count). The average Bonchev–Trinajstić information content (AvgIpc) is 2.73. The maximum absolute atomic E-state index is 13.6. The lowest BCUT2D eigenvalue weighted by Gasteiger charge is -2.31. The van der Waals surface area contributed by atoms with Gasteiger partial charge in [-0.3, -0.25) is 9.69 Å². The van der Waals surface area contributed by atoms with Crippen LogP contribution in [0.3, 0.4) is 0 Å². The Morgan fingerprint density at radius 2 is 1.87 bits per heavy atom. The van der Waals surface area contributed by atoms with E-state index in [1.165, 1.54) is 24.3 Å². The first-order valence-corrected chi connectivity index (χ1v) is 10.1. The molecule has 1 atom stereocenters. The Balaban J connectivity index is 1.41. The van der Waals surface area contributed by atoms with Gasteiger partial charge in [-0.2, -0.15) is 0 Å². The quantitative estimate of drug-likeness (QED) is 0.664. The van der Waals surface area contributed by atoms with E-state index in [-0.39, 0.29) is 11.4 Å². The number of aryl methyl sites for hydroxylation is 2. The highest BCUT2D eigenvalue weighted by atomic mass is 19.1. The van der Waals surface area contributed by atoms with Crippen molar-refractivity contribution in [2.75, 3.05) is 13.1 Å². The number of aliphatic hydroxyl groups excluding tert-OH is 1. The number of aromatic amines is 1. The van der Waals surface area contributed by atoms with E-state index in [1.807, 2.05) is 11.0 Å². The molecule has 3 aromatic rings. The van der Waals surface area contributed by atoms with Gasteiger partial charge in [-0.15, -0.1) is 0 Å². The predicted octanol–water partition coefficient (Wildman–Crippen LogP) is 4.16. The highest BCUT2D eigenvalue weighted by Crippen LogP contribution is 2.24. The lowest BCUT2D eigenvalue weighted by Crippen LogP contribution is -2.38. The maximum Gasteiger partial charge on any atom is 0.256 e. The van der Waals surface area contributed by atoms with Crippen LogP contribution in [-0.4, -0.2) is 34.3 Å². The molecular formula is C24H24F2N2O2. The monoisotopic (exact) mass is 410 g/mol. The lowest BCUT2D eigenvalue weighted by molar-refractivity contribution is 0.00492. The molecule has 1 aliphatic rings. The van der Waals surface area contributed by atoms with E-state index in [9.17, 15) is 18.7 Å². The zero-order valence-electron chi connectivity index (χ0n) is 16.8. The van der Waals surface area contributed by atoms with Crippen LogP contribution in [0.2, 0.25) is 0 Å². The van der Waals surface area contributed by atoms with Crippen LogP contribution in [0.5, 0.6) is 0 Å².